The average molecular weight is 649 g/mol. The Labute approximate surface area is 268 Å². The van der Waals surface area contributed by atoms with Crippen LogP contribution in [0.1, 0.15) is 85.5 Å². The molecule has 3 saturated carbocycles. The molecule has 0 heterocycles. The quantitative estimate of drug-likeness (QED) is 0.163. The smallest absolute Gasteiger partial charge is 0.328 e. The number of aliphatic hydroxyl groups is 3. The summed E-state index contributed by atoms with van der Waals surface area (Å²) in [7, 11) is 0. The lowest BCUT2D eigenvalue weighted by Gasteiger charge is -2.60. The lowest BCUT2D eigenvalue weighted by Crippen LogP contribution is -2.62. The molecule has 13 nitrogen and oxygen atoms in total. The van der Waals surface area contributed by atoms with Gasteiger partial charge in [-0.15, -0.1) is 0 Å². The summed E-state index contributed by atoms with van der Waals surface area (Å²) in [5, 5.41) is 46.2. The van der Waals surface area contributed by atoms with Crippen molar-refractivity contribution < 1.29 is 53.9 Å². The Kier molecular flexibility index (Phi) is 10.5. The molecule has 3 fully saturated rings. The Bertz CT molecular complexity index is 1300. The third kappa shape index (κ3) is 6.50. The van der Waals surface area contributed by atoms with Gasteiger partial charge in [0.2, 0.25) is 17.6 Å². The van der Waals surface area contributed by atoms with E-state index in [0.29, 0.717) is 19.3 Å². The molecule has 0 aliphatic heterocycles. The Balaban J connectivity index is 1.33. The maximum atomic E-state index is 13.5. The number of hydrogen-bond donors (Lipinski definition) is 6. The van der Waals surface area contributed by atoms with Crippen molar-refractivity contribution in [1.29, 1.82) is 0 Å². The summed E-state index contributed by atoms with van der Waals surface area (Å²) in [5.41, 5.74) is -1.94. The maximum Gasteiger partial charge on any atom is 0.328 e. The highest BCUT2D eigenvalue weighted by atomic mass is 16.5. The molecule has 0 spiro atoms. The van der Waals surface area contributed by atoms with E-state index in [0.717, 1.165) is 18.4 Å². The fraction of sp³-hybridized carbons (Fsp3) is 0.758. The highest BCUT2D eigenvalue weighted by Crippen LogP contribution is 2.67. The van der Waals surface area contributed by atoms with E-state index in [9.17, 15) is 39.0 Å². The van der Waals surface area contributed by atoms with Crippen LogP contribution < -0.4 is 10.6 Å². The third-order valence-corrected chi connectivity index (χ3v) is 11.5. The van der Waals surface area contributed by atoms with Crippen LogP contribution in [0.15, 0.2) is 11.6 Å². The number of ketones is 2. The topological polar surface area (TPSA) is 217 Å². The van der Waals surface area contributed by atoms with E-state index >= 15 is 0 Å². The van der Waals surface area contributed by atoms with Gasteiger partial charge in [0, 0.05) is 18.3 Å². The first-order valence-corrected chi connectivity index (χ1v) is 16.2. The Morgan fingerprint density at radius 3 is 2.37 bits per heavy atom. The minimum absolute atomic E-state index is 0.0282. The summed E-state index contributed by atoms with van der Waals surface area (Å²) < 4.78 is 5.18. The summed E-state index contributed by atoms with van der Waals surface area (Å²) >= 11 is 0. The molecule has 13 heteroatoms. The van der Waals surface area contributed by atoms with Crippen LogP contribution in [0, 0.1) is 34.5 Å². The average Bonchev–Trinajstić information content (AvgIpc) is 3.26. The van der Waals surface area contributed by atoms with E-state index in [-0.39, 0.29) is 48.2 Å². The number of esters is 1. The molecule has 0 radical (unpaired) electrons. The first-order valence-electron chi connectivity index (χ1n) is 16.2. The number of amides is 2. The van der Waals surface area contributed by atoms with Crippen molar-refractivity contribution in [2.45, 2.75) is 109 Å². The van der Waals surface area contributed by atoms with Gasteiger partial charge in [-0.05, 0) is 73.7 Å². The van der Waals surface area contributed by atoms with Crippen LogP contribution >= 0.6 is 0 Å². The van der Waals surface area contributed by atoms with Gasteiger partial charge in [0.25, 0.3) is 0 Å². The van der Waals surface area contributed by atoms with Gasteiger partial charge >= 0.3 is 11.9 Å². The molecule has 0 saturated heterocycles. The lowest BCUT2D eigenvalue weighted by molar-refractivity contribution is -0.184. The highest BCUT2D eigenvalue weighted by molar-refractivity contribution is 5.93. The number of carboxylic acids is 1. The van der Waals surface area contributed by atoms with Crippen LogP contribution in [0.4, 0.5) is 0 Å². The van der Waals surface area contributed by atoms with Crippen LogP contribution in [-0.4, -0.2) is 92.7 Å². The second kappa shape index (κ2) is 13.5. The number of ether oxygens (including phenoxy) is 1. The highest BCUT2D eigenvalue weighted by Gasteiger charge is 2.68. The summed E-state index contributed by atoms with van der Waals surface area (Å²) in [4.78, 5) is 74.2. The van der Waals surface area contributed by atoms with E-state index in [2.05, 4.69) is 17.6 Å². The summed E-state index contributed by atoms with van der Waals surface area (Å²) in [6.07, 6.45) is 3.81. The Morgan fingerprint density at radius 2 is 1.74 bits per heavy atom. The molecule has 4 rings (SSSR count). The van der Waals surface area contributed by atoms with Crippen LogP contribution in [0.3, 0.4) is 0 Å². The van der Waals surface area contributed by atoms with Gasteiger partial charge in [0.1, 0.15) is 17.7 Å². The molecule has 2 amide bonds. The van der Waals surface area contributed by atoms with E-state index in [1.165, 1.54) is 0 Å². The van der Waals surface area contributed by atoms with Crippen molar-refractivity contribution in [3.63, 3.8) is 0 Å². The molecular formula is C33H48N2O11. The summed E-state index contributed by atoms with van der Waals surface area (Å²) in [5.74, 6) is -4.76. The second-order valence-electron chi connectivity index (χ2n) is 14.4. The molecule has 256 valence electrons. The monoisotopic (exact) mass is 648 g/mol. The molecule has 46 heavy (non-hydrogen) atoms. The van der Waals surface area contributed by atoms with Crippen LogP contribution in [0.25, 0.3) is 0 Å². The zero-order chi connectivity index (χ0) is 34.2. The van der Waals surface area contributed by atoms with Crippen molar-refractivity contribution in [3.05, 3.63) is 11.6 Å². The Morgan fingerprint density at radius 1 is 1.04 bits per heavy atom. The lowest BCUT2D eigenvalue weighted by atomic mass is 9.45. The fourth-order valence-electron chi connectivity index (χ4n) is 8.93. The van der Waals surface area contributed by atoms with Crippen LogP contribution in [-0.2, 0) is 33.5 Å². The van der Waals surface area contributed by atoms with E-state index in [4.69, 9.17) is 14.9 Å². The number of Topliss-reactive ketones (excluding diaryl/α,β-unsaturated/α-hetero) is 1. The van der Waals surface area contributed by atoms with Crippen LogP contribution in [0.2, 0.25) is 0 Å². The zero-order valence-corrected chi connectivity index (χ0v) is 27.0. The molecule has 0 unspecified atom stereocenters. The van der Waals surface area contributed by atoms with Gasteiger partial charge in [0.05, 0.1) is 19.1 Å². The van der Waals surface area contributed by atoms with Crippen LogP contribution in [0.5, 0.6) is 0 Å². The molecule has 4 aliphatic rings. The number of hydrogen-bond acceptors (Lipinski definition) is 10. The number of nitrogens with one attached hydrogen (secondary N) is 2. The number of rotatable bonds is 12. The number of carbonyl (C=O) groups excluding carboxylic acids is 5. The summed E-state index contributed by atoms with van der Waals surface area (Å²) in [6.45, 7) is 5.71. The number of fused-ring (bicyclic) bond motifs is 5. The first-order chi connectivity index (χ1) is 21.5. The van der Waals surface area contributed by atoms with E-state index < -0.39 is 84.3 Å². The molecule has 0 aromatic carbocycles. The predicted molar refractivity (Wildman–Crippen MR) is 162 cm³/mol. The van der Waals surface area contributed by atoms with Gasteiger partial charge in [-0.2, -0.15) is 0 Å². The van der Waals surface area contributed by atoms with E-state index in [1.807, 2.05) is 6.92 Å². The van der Waals surface area contributed by atoms with Crippen molar-refractivity contribution in [1.82, 2.24) is 10.6 Å². The van der Waals surface area contributed by atoms with E-state index in [1.54, 1.807) is 19.9 Å². The van der Waals surface area contributed by atoms with Gasteiger partial charge in [-0.25, -0.2) is 4.79 Å². The molecule has 0 aromatic rings. The predicted octanol–water partition coefficient (Wildman–Crippen LogP) is 0.815. The minimum atomic E-state index is -1.80. The molecule has 0 aromatic heterocycles. The van der Waals surface area contributed by atoms with Gasteiger partial charge < -0.3 is 35.8 Å². The molecule has 0 bridgehead atoms. The summed E-state index contributed by atoms with van der Waals surface area (Å²) in [6, 6.07) is -2.66. The van der Waals surface area contributed by atoms with Gasteiger partial charge in [-0.1, -0.05) is 33.3 Å². The van der Waals surface area contributed by atoms with Gasteiger partial charge in [0.15, 0.2) is 12.4 Å². The number of carboxylic acid groups (broad SMARTS) is 1. The number of aliphatic carboxylic acids is 1. The number of carbonyl (C=O) groups is 6. The van der Waals surface area contributed by atoms with Crippen molar-refractivity contribution in [2.24, 2.45) is 34.5 Å². The van der Waals surface area contributed by atoms with Crippen molar-refractivity contribution in [2.75, 3.05) is 13.2 Å². The number of aliphatic hydroxyl groups excluding tert-OH is 2. The van der Waals surface area contributed by atoms with Gasteiger partial charge in [-0.3, -0.25) is 24.0 Å². The Hall–Kier alpha value is -3.16. The molecule has 4 aliphatic carbocycles. The fourth-order valence-corrected chi connectivity index (χ4v) is 8.93. The minimum Gasteiger partial charge on any atom is -0.480 e. The SMILES string of the molecule is CC(C)[C@@H](NC(=O)CCC(=O)OCC(=O)[C@@]1(O)CC[C@H]2[C@@H]3CCC4=CC(=O)CC[C@]4(C)[C@H]3[C@@H](O)C[C@@]21C)C(=O)N[C@@H](CO)C(=O)O. The first kappa shape index (κ1) is 35.7. The molecular weight excluding hydrogens is 600 g/mol. The standard InChI is InChI=1S/C33H48N2O11/c1-17(2)28(29(42)34-22(15-36)30(43)44)35-25(40)7-8-26(41)46-16-24(39)33(45)12-10-21-20-6-5-18-13-19(37)9-11-31(18,3)27(20)23(38)14-32(21,33)4/h13,17,20-23,27-28,36,38,45H,5-12,14-16H2,1-4H3,(H,34,42)(H,35,40)(H,43,44)/t20-,21-,22-,23-,27+,28+,31-,32-,33-/m0/s1. The third-order valence-electron chi connectivity index (χ3n) is 11.5. The normalized spacial score (nSPS) is 34.7. The van der Waals surface area contributed by atoms with Crippen molar-refractivity contribution >= 4 is 35.3 Å². The van der Waals surface area contributed by atoms with Crippen molar-refractivity contribution in [3.8, 4) is 0 Å². The number of allylic oxidation sites excluding steroid dienone is 1. The largest absolute Gasteiger partial charge is 0.480 e. The zero-order valence-electron chi connectivity index (χ0n) is 27.0. The molecule has 9 atom stereocenters. The maximum absolute atomic E-state index is 13.5. The second-order valence-corrected chi connectivity index (χ2v) is 14.4. The molecule has 6 N–H and O–H groups in total.